The van der Waals surface area contributed by atoms with Gasteiger partial charge in [0.15, 0.2) is 0 Å². The second kappa shape index (κ2) is 4.72. The van der Waals surface area contributed by atoms with Crippen LogP contribution in [0, 0.1) is 0 Å². The van der Waals surface area contributed by atoms with E-state index in [0.717, 1.165) is 4.90 Å². The first-order valence-corrected chi connectivity index (χ1v) is 4.80. The monoisotopic (exact) mass is 210 g/mol. The first kappa shape index (κ1) is 11.4. The van der Waals surface area contributed by atoms with Crippen LogP contribution in [0.3, 0.4) is 0 Å². The van der Waals surface area contributed by atoms with Crippen molar-refractivity contribution in [1.29, 1.82) is 0 Å². The van der Waals surface area contributed by atoms with Crippen LogP contribution >= 0.6 is 0 Å². The maximum absolute atomic E-state index is 11.5. The maximum Gasteiger partial charge on any atom is 0.251 e. The summed E-state index contributed by atoms with van der Waals surface area (Å²) in [6.07, 6.45) is 3.62. The van der Waals surface area contributed by atoms with Gasteiger partial charge >= 0.3 is 0 Å². The summed E-state index contributed by atoms with van der Waals surface area (Å²) < 4.78 is 0. The molecule has 0 aromatic rings. The second-order valence-corrected chi connectivity index (χ2v) is 3.39. The number of carbonyl (C=O) groups is 3. The van der Waals surface area contributed by atoms with E-state index in [9.17, 15) is 14.4 Å². The van der Waals surface area contributed by atoms with Crippen molar-refractivity contribution in [2.75, 3.05) is 7.05 Å². The van der Waals surface area contributed by atoms with Crippen LogP contribution in [-0.4, -0.2) is 35.7 Å². The summed E-state index contributed by atoms with van der Waals surface area (Å²) in [7, 11) is 1.43. The lowest BCUT2D eigenvalue weighted by Gasteiger charge is -2.27. The van der Waals surface area contributed by atoms with E-state index in [0.29, 0.717) is 12.8 Å². The molecule has 5 heteroatoms. The van der Waals surface area contributed by atoms with Crippen LogP contribution in [0.4, 0.5) is 0 Å². The number of rotatable bonds is 2. The van der Waals surface area contributed by atoms with E-state index in [-0.39, 0.29) is 17.7 Å². The molecular formula is C10H14N2O3. The van der Waals surface area contributed by atoms with Gasteiger partial charge in [-0.05, 0) is 19.4 Å². The predicted octanol–water partition coefficient (Wildman–Crippen LogP) is -0.174. The van der Waals surface area contributed by atoms with Gasteiger partial charge in [0.2, 0.25) is 11.8 Å². The Balaban J connectivity index is 2.61. The number of hydrogen-bond acceptors (Lipinski definition) is 3. The van der Waals surface area contributed by atoms with E-state index in [2.05, 4.69) is 5.32 Å². The summed E-state index contributed by atoms with van der Waals surface area (Å²) in [6.45, 7) is 1.72. The maximum atomic E-state index is 11.5. The van der Waals surface area contributed by atoms with Crippen molar-refractivity contribution in [2.24, 2.45) is 0 Å². The van der Waals surface area contributed by atoms with Crippen molar-refractivity contribution < 1.29 is 14.4 Å². The summed E-state index contributed by atoms with van der Waals surface area (Å²) >= 11 is 0. The molecule has 1 fully saturated rings. The Morgan fingerprint density at radius 1 is 1.53 bits per heavy atom. The molecule has 0 radical (unpaired) electrons. The van der Waals surface area contributed by atoms with E-state index >= 15 is 0 Å². The number of piperidine rings is 1. The van der Waals surface area contributed by atoms with Gasteiger partial charge in [-0.1, -0.05) is 6.08 Å². The normalized spacial score (nSPS) is 22.3. The van der Waals surface area contributed by atoms with E-state index in [1.807, 2.05) is 0 Å². The highest BCUT2D eigenvalue weighted by atomic mass is 16.2. The molecule has 1 rings (SSSR count). The Hall–Kier alpha value is -1.65. The minimum Gasteiger partial charge on any atom is -0.341 e. The van der Waals surface area contributed by atoms with Crippen LogP contribution in [-0.2, 0) is 14.4 Å². The summed E-state index contributed by atoms with van der Waals surface area (Å²) in [5.41, 5.74) is 0. The molecule has 1 N–H and O–H groups in total. The average molecular weight is 210 g/mol. The summed E-state index contributed by atoms with van der Waals surface area (Å²) in [4.78, 5) is 34.9. The molecule has 3 amide bonds. The Kier molecular flexibility index (Phi) is 3.60. The molecule has 0 aliphatic carbocycles. The minimum atomic E-state index is -0.573. The zero-order valence-electron chi connectivity index (χ0n) is 8.82. The molecule has 1 heterocycles. The number of amides is 3. The standard InChI is InChI=1S/C10H14N2O3/c1-3-4-8(13)11-7-5-6-9(14)12(2)10(7)15/h3-4,7H,5-6H2,1-2H3,(H,11,13)/b4-3+. The molecule has 1 aliphatic rings. The zero-order chi connectivity index (χ0) is 11.4. The molecule has 0 bridgehead atoms. The Bertz CT molecular complexity index is 323. The fraction of sp³-hybridized carbons (Fsp3) is 0.500. The summed E-state index contributed by atoms with van der Waals surface area (Å²) in [5, 5.41) is 2.55. The van der Waals surface area contributed by atoms with Crippen molar-refractivity contribution in [2.45, 2.75) is 25.8 Å². The third-order valence-corrected chi connectivity index (χ3v) is 2.28. The first-order chi connectivity index (χ1) is 7.06. The number of likely N-dealkylation sites (N-methyl/N-ethyl adjacent to an activating group) is 1. The molecule has 0 saturated carbocycles. The number of nitrogens with one attached hydrogen (secondary N) is 1. The summed E-state index contributed by atoms with van der Waals surface area (Å²) in [5.74, 6) is -0.848. The molecule has 1 aliphatic heterocycles. The van der Waals surface area contributed by atoms with Crippen LogP contribution in [0.2, 0.25) is 0 Å². The van der Waals surface area contributed by atoms with Crippen molar-refractivity contribution in [1.82, 2.24) is 10.2 Å². The molecule has 1 atom stereocenters. The third-order valence-electron chi connectivity index (χ3n) is 2.28. The highest BCUT2D eigenvalue weighted by Gasteiger charge is 2.32. The number of hydrogen-bond donors (Lipinski definition) is 1. The smallest absolute Gasteiger partial charge is 0.251 e. The number of carbonyl (C=O) groups excluding carboxylic acids is 3. The van der Waals surface area contributed by atoms with Gasteiger partial charge in [0.05, 0.1) is 0 Å². The van der Waals surface area contributed by atoms with Crippen LogP contribution in [0.15, 0.2) is 12.2 Å². The number of likely N-dealkylation sites (tertiary alicyclic amines) is 1. The van der Waals surface area contributed by atoms with Gasteiger partial charge < -0.3 is 5.32 Å². The fourth-order valence-electron chi connectivity index (χ4n) is 1.42. The van der Waals surface area contributed by atoms with Crippen molar-refractivity contribution in [3.63, 3.8) is 0 Å². The van der Waals surface area contributed by atoms with Crippen molar-refractivity contribution in [3.05, 3.63) is 12.2 Å². The van der Waals surface area contributed by atoms with E-state index in [1.54, 1.807) is 13.0 Å². The van der Waals surface area contributed by atoms with E-state index in [1.165, 1.54) is 13.1 Å². The quantitative estimate of drug-likeness (QED) is 0.508. The molecule has 82 valence electrons. The molecule has 1 saturated heterocycles. The Morgan fingerprint density at radius 3 is 2.80 bits per heavy atom. The number of allylic oxidation sites excluding steroid dienone is 1. The molecule has 1 unspecified atom stereocenters. The zero-order valence-corrected chi connectivity index (χ0v) is 8.82. The topological polar surface area (TPSA) is 66.5 Å². The molecule has 0 aromatic heterocycles. The van der Waals surface area contributed by atoms with Crippen LogP contribution in [0.5, 0.6) is 0 Å². The van der Waals surface area contributed by atoms with Crippen molar-refractivity contribution >= 4 is 17.7 Å². The number of imide groups is 1. The van der Waals surface area contributed by atoms with Gasteiger partial charge in [-0.25, -0.2) is 0 Å². The number of nitrogens with zero attached hydrogens (tertiary/aromatic N) is 1. The molecule has 15 heavy (non-hydrogen) atoms. The van der Waals surface area contributed by atoms with Crippen LogP contribution in [0.1, 0.15) is 19.8 Å². The lowest BCUT2D eigenvalue weighted by Crippen LogP contribution is -2.52. The summed E-state index contributed by atoms with van der Waals surface area (Å²) in [6, 6.07) is -0.573. The van der Waals surface area contributed by atoms with E-state index < -0.39 is 6.04 Å². The minimum absolute atomic E-state index is 0.198. The molecular weight excluding hydrogens is 196 g/mol. The van der Waals surface area contributed by atoms with Gasteiger partial charge in [0, 0.05) is 13.5 Å². The highest BCUT2D eigenvalue weighted by Crippen LogP contribution is 2.11. The van der Waals surface area contributed by atoms with Crippen molar-refractivity contribution in [3.8, 4) is 0 Å². The lowest BCUT2D eigenvalue weighted by atomic mass is 10.0. The fourth-order valence-corrected chi connectivity index (χ4v) is 1.42. The molecule has 0 aromatic carbocycles. The highest BCUT2D eigenvalue weighted by molar-refractivity contribution is 6.02. The van der Waals surface area contributed by atoms with Gasteiger partial charge in [0.1, 0.15) is 6.04 Å². The van der Waals surface area contributed by atoms with Gasteiger partial charge in [0.25, 0.3) is 5.91 Å². The lowest BCUT2D eigenvalue weighted by molar-refractivity contribution is -0.149. The van der Waals surface area contributed by atoms with Crippen LogP contribution in [0.25, 0.3) is 0 Å². The van der Waals surface area contributed by atoms with E-state index in [4.69, 9.17) is 0 Å². The first-order valence-electron chi connectivity index (χ1n) is 4.80. The SMILES string of the molecule is C/C=C/C(=O)NC1CCC(=O)N(C)C1=O. The Labute approximate surface area is 88.1 Å². The largest absolute Gasteiger partial charge is 0.341 e. The molecule has 0 spiro atoms. The molecule has 5 nitrogen and oxygen atoms in total. The average Bonchev–Trinajstić information content (AvgIpc) is 2.20. The Morgan fingerprint density at radius 2 is 2.20 bits per heavy atom. The third kappa shape index (κ3) is 2.65. The predicted molar refractivity (Wildman–Crippen MR) is 53.8 cm³/mol. The van der Waals surface area contributed by atoms with Crippen LogP contribution < -0.4 is 5.32 Å². The van der Waals surface area contributed by atoms with Gasteiger partial charge in [-0.3, -0.25) is 19.3 Å². The van der Waals surface area contributed by atoms with Gasteiger partial charge in [-0.15, -0.1) is 0 Å². The van der Waals surface area contributed by atoms with Gasteiger partial charge in [-0.2, -0.15) is 0 Å². The second-order valence-electron chi connectivity index (χ2n) is 3.39.